The fourth-order valence-corrected chi connectivity index (χ4v) is 1.56. The summed E-state index contributed by atoms with van der Waals surface area (Å²) in [6.45, 7) is 0.914. The van der Waals surface area contributed by atoms with Crippen LogP contribution >= 0.6 is 0 Å². The number of rotatable bonds is 5. The van der Waals surface area contributed by atoms with Gasteiger partial charge in [0.1, 0.15) is 0 Å². The summed E-state index contributed by atoms with van der Waals surface area (Å²) in [5.74, 6) is 0.548. The number of nitrogens with two attached hydrogens (primary N) is 1. The van der Waals surface area contributed by atoms with Gasteiger partial charge in [0.15, 0.2) is 0 Å². The molecule has 5 heteroatoms. The minimum atomic E-state index is -0.836. The SMILES string of the molecule is CS(=O)CCNC(=O)C1(CN)CC1. The first-order chi connectivity index (χ1) is 6.10. The smallest absolute Gasteiger partial charge is 0.227 e. The zero-order valence-electron chi connectivity index (χ0n) is 7.84. The van der Waals surface area contributed by atoms with E-state index in [1.54, 1.807) is 6.26 Å². The molecule has 1 amide bonds. The lowest BCUT2D eigenvalue weighted by Crippen LogP contribution is -2.38. The number of carbonyl (C=O) groups is 1. The van der Waals surface area contributed by atoms with Crippen molar-refractivity contribution in [3.63, 3.8) is 0 Å². The summed E-state index contributed by atoms with van der Waals surface area (Å²) < 4.78 is 10.7. The molecule has 1 aliphatic rings. The van der Waals surface area contributed by atoms with Crippen molar-refractivity contribution in [3.05, 3.63) is 0 Å². The highest BCUT2D eigenvalue weighted by Gasteiger charge is 2.48. The Morgan fingerprint density at radius 2 is 2.23 bits per heavy atom. The van der Waals surface area contributed by atoms with E-state index >= 15 is 0 Å². The molecule has 1 aliphatic carbocycles. The van der Waals surface area contributed by atoms with Crippen LogP contribution in [0.3, 0.4) is 0 Å². The number of amides is 1. The maximum atomic E-state index is 11.4. The topological polar surface area (TPSA) is 72.2 Å². The van der Waals surface area contributed by atoms with E-state index in [1.807, 2.05) is 0 Å². The molecule has 0 aromatic rings. The van der Waals surface area contributed by atoms with E-state index in [4.69, 9.17) is 5.73 Å². The highest BCUT2D eigenvalue weighted by Crippen LogP contribution is 2.44. The van der Waals surface area contributed by atoms with Gasteiger partial charge in [-0.25, -0.2) is 0 Å². The molecule has 0 heterocycles. The van der Waals surface area contributed by atoms with E-state index in [0.717, 1.165) is 12.8 Å². The van der Waals surface area contributed by atoms with Gasteiger partial charge in [0.2, 0.25) is 5.91 Å². The molecule has 13 heavy (non-hydrogen) atoms. The molecule has 0 aromatic heterocycles. The molecular weight excluding hydrogens is 188 g/mol. The van der Waals surface area contributed by atoms with Gasteiger partial charge in [0.25, 0.3) is 0 Å². The van der Waals surface area contributed by atoms with E-state index in [9.17, 15) is 9.00 Å². The lowest BCUT2D eigenvalue weighted by atomic mass is 10.1. The van der Waals surface area contributed by atoms with Crippen LogP contribution in [-0.4, -0.2) is 35.2 Å². The lowest BCUT2D eigenvalue weighted by molar-refractivity contribution is -0.125. The number of hydrogen-bond acceptors (Lipinski definition) is 3. The van der Waals surface area contributed by atoms with Crippen molar-refractivity contribution in [1.82, 2.24) is 5.32 Å². The van der Waals surface area contributed by atoms with E-state index in [0.29, 0.717) is 18.8 Å². The van der Waals surface area contributed by atoms with Gasteiger partial charge in [-0.2, -0.15) is 0 Å². The van der Waals surface area contributed by atoms with Gasteiger partial charge in [-0.3, -0.25) is 9.00 Å². The normalized spacial score (nSPS) is 20.8. The molecule has 76 valence electrons. The van der Waals surface area contributed by atoms with Crippen LogP contribution in [0.2, 0.25) is 0 Å². The minimum Gasteiger partial charge on any atom is -0.355 e. The zero-order valence-corrected chi connectivity index (χ0v) is 8.65. The Morgan fingerprint density at radius 3 is 2.62 bits per heavy atom. The largest absolute Gasteiger partial charge is 0.355 e. The summed E-state index contributed by atoms with van der Waals surface area (Å²) in [5, 5.41) is 2.76. The average molecular weight is 204 g/mol. The Kier molecular flexibility index (Phi) is 3.44. The predicted octanol–water partition coefficient (Wildman–Crippen LogP) is -0.780. The van der Waals surface area contributed by atoms with Crippen molar-refractivity contribution in [2.75, 3.05) is 25.1 Å². The second-order valence-electron chi connectivity index (χ2n) is 3.52. The molecule has 3 N–H and O–H groups in total. The van der Waals surface area contributed by atoms with E-state index < -0.39 is 10.8 Å². The van der Waals surface area contributed by atoms with Crippen LogP contribution in [-0.2, 0) is 15.6 Å². The van der Waals surface area contributed by atoms with Gasteiger partial charge in [-0.15, -0.1) is 0 Å². The third-order valence-electron chi connectivity index (χ3n) is 2.40. The Bertz CT molecular complexity index is 226. The first kappa shape index (κ1) is 10.7. The third kappa shape index (κ3) is 2.77. The first-order valence-electron chi connectivity index (χ1n) is 4.39. The fourth-order valence-electron chi connectivity index (χ4n) is 1.17. The summed E-state index contributed by atoms with van der Waals surface area (Å²) in [6, 6.07) is 0. The molecule has 0 aromatic carbocycles. The van der Waals surface area contributed by atoms with Crippen LogP contribution in [0.25, 0.3) is 0 Å². The van der Waals surface area contributed by atoms with Crippen LogP contribution < -0.4 is 11.1 Å². The Balaban J connectivity index is 2.22. The maximum absolute atomic E-state index is 11.4. The molecule has 0 aliphatic heterocycles. The molecule has 1 unspecified atom stereocenters. The van der Waals surface area contributed by atoms with Gasteiger partial charge in [-0.1, -0.05) is 0 Å². The van der Waals surface area contributed by atoms with E-state index in [-0.39, 0.29) is 11.3 Å². The van der Waals surface area contributed by atoms with Gasteiger partial charge >= 0.3 is 0 Å². The number of nitrogens with one attached hydrogen (secondary N) is 1. The summed E-state index contributed by atoms with van der Waals surface area (Å²) in [6.07, 6.45) is 3.41. The third-order valence-corrected chi connectivity index (χ3v) is 3.18. The minimum absolute atomic E-state index is 0.0282. The Morgan fingerprint density at radius 1 is 1.62 bits per heavy atom. The van der Waals surface area contributed by atoms with Crippen LogP contribution in [0.1, 0.15) is 12.8 Å². The van der Waals surface area contributed by atoms with Crippen LogP contribution in [0.4, 0.5) is 0 Å². The van der Waals surface area contributed by atoms with Crippen molar-refractivity contribution < 1.29 is 9.00 Å². The van der Waals surface area contributed by atoms with Gasteiger partial charge in [-0.05, 0) is 12.8 Å². The molecule has 0 bridgehead atoms. The highest BCUT2D eigenvalue weighted by molar-refractivity contribution is 7.84. The lowest BCUT2D eigenvalue weighted by Gasteiger charge is -2.11. The molecule has 0 spiro atoms. The summed E-state index contributed by atoms with van der Waals surface area (Å²) in [5.41, 5.74) is 5.20. The second kappa shape index (κ2) is 4.19. The molecule has 1 atom stereocenters. The van der Waals surface area contributed by atoms with E-state index in [2.05, 4.69) is 5.32 Å². The Hall–Kier alpha value is -0.420. The van der Waals surface area contributed by atoms with E-state index in [1.165, 1.54) is 0 Å². The summed E-state index contributed by atoms with van der Waals surface area (Å²) in [7, 11) is -0.836. The van der Waals surface area contributed by atoms with Gasteiger partial charge < -0.3 is 11.1 Å². The average Bonchev–Trinajstić information content (AvgIpc) is 2.83. The molecule has 1 saturated carbocycles. The van der Waals surface area contributed by atoms with Crippen LogP contribution in [0.5, 0.6) is 0 Å². The van der Waals surface area contributed by atoms with Crippen LogP contribution in [0.15, 0.2) is 0 Å². The first-order valence-corrected chi connectivity index (χ1v) is 6.12. The van der Waals surface area contributed by atoms with Gasteiger partial charge in [0, 0.05) is 35.9 Å². The van der Waals surface area contributed by atoms with Crippen molar-refractivity contribution in [1.29, 1.82) is 0 Å². The van der Waals surface area contributed by atoms with Crippen LogP contribution in [0, 0.1) is 5.41 Å². The second-order valence-corrected chi connectivity index (χ2v) is 5.07. The molecule has 4 nitrogen and oxygen atoms in total. The maximum Gasteiger partial charge on any atom is 0.227 e. The van der Waals surface area contributed by atoms with Gasteiger partial charge in [0.05, 0.1) is 5.41 Å². The molecule has 0 saturated heterocycles. The summed E-state index contributed by atoms with van der Waals surface area (Å²) >= 11 is 0. The zero-order chi connectivity index (χ0) is 9.90. The summed E-state index contributed by atoms with van der Waals surface area (Å²) in [4.78, 5) is 11.4. The van der Waals surface area contributed by atoms with Crippen molar-refractivity contribution in [2.24, 2.45) is 11.1 Å². The fraction of sp³-hybridized carbons (Fsp3) is 0.875. The molecule has 1 rings (SSSR count). The molecule has 0 radical (unpaired) electrons. The van der Waals surface area contributed by atoms with Crippen molar-refractivity contribution in [2.45, 2.75) is 12.8 Å². The standard InChI is InChI=1S/C8H16N2O2S/c1-13(12)5-4-10-7(11)8(6-9)2-3-8/h2-6,9H2,1H3,(H,10,11). The Labute approximate surface area is 80.7 Å². The van der Waals surface area contributed by atoms with Crippen molar-refractivity contribution in [3.8, 4) is 0 Å². The highest BCUT2D eigenvalue weighted by atomic mass is 32.2. The predicted molar refractivity (Wildman–Crippen MR) is 52.7 cm³/mol. The monoisotopic (exact) mass is 204 g/mol. The number of carbonyl (C=O) groups excluding carboxylic acids is 1. The molecular formula is C8H16N2O2S. The molecule has 1 fully saturated rings. The van der Waals surface area contributed by atoms with Crippen molar-refractivity contribution >= 4 is 16.7 Å². The number of hydrogen-bond donors (Lipinski definition) is 2. The quantitative estimate of drug-likeness (QED) is 0.617.